The molecule has 0 aromatic heterocycles. The lowest BCUT2D eigenvalue weighted by atomic mass is 9.61. The first-order chi connectivity index (χ1) is 7.83. The largest absolute Gasteiger partial charge is 0.370 e. The summed E-state index contributed by atoms with van der Waals surface area (Å²) in [6, 6.07) is 0. The van der Waals surface area contributed by atoms with Gasteiger partial charge in [0.1, 0.15) is 0 Å². The maximum Gasteiger partial charge on any atom is 0.186 e. The number of rotatable bonds is 2. The van der Waals surface area contributed by atoms with Crippen molar-refractivity contribution >= 4 is 5.96 Å². The van der Waals surface area contributed by atoms with E-state index in [1.807, 2.05) is 0 Å². The molecule has 1 saturated heterocycles. The molecule has 1 saturated carbocycles. The molecule has 0 aromatic carbocycles. The third-order valence-electron chi connectivity index (χ3n) is 4.36. The summed E-state index contributed by atoms with van der Waals surface area (Å²) in [4.78, 5) is 4.55. The van der Waals surface area contributed by atoms with Crippen LogP contribution in [0.5, 0.6) is 0 Å². The standard InChI is InChI=1S/C13H26N4/c1-9-4-10(6-12(2,3)5-9)13(7-16-8-13)17-11(14)15/h9-10,16H,4-8H2,1-3H3,(H4,14,15,17). The first-order valence-corrected chi connectivity index (χ1v) is 6.64. The van der Waals surface area contributed by atoms with E-state index in [4.69, 9.17) is 11.5 Å². The Balaban J connectivity index is 2.17. The summed E-state index contributed by atoms with van der Waals surface area (Å²) in [6.45, 7) is 8.94. The Hall–Kier alpha value is -0.770. The maximum absolute atomic E-state index is 5.60. The summed E-state index contributed by atoms with van der Waals surface area (Å²) in [5.74, 6) is 1.63. The van der Waals surface area contributed by atoms with Crippen molar-refractivity contribution < 1.29 is 0 Å². The van der Waals surface area contributed by atoms with Crippen molar-refractivity contribution in [3.63, 3.8) is 0 Å². The number of nitrogens with one attached hydrogen (secondary N) is 1. The molecule has 1 heterocycles. The molecule has 2 unspecified atom stereocenters. The van der Waals surface area contributed by atoms with Gasteiger partial charge in [-0.25, -0.2) is 4.99 Å². The van der Waals surface area contributed by atoms with Crippen molar-refractivity contribution in [2.45, 2.75) is 45.6 Å². The van der Waals surface area contributed by atoms with E-state index in [0.29, 0.717) is 11.3 Å². The highest BCUT2D eigenvalue weighted by Gasteiger charge is 2.48. The number of aliphatic imine (C=N–C) groups is 1. The van der Waals surface area contributed by atoms with Crippen LogP contribution in [-0.4, -0.2) is 24.6 Å². The smallest absolute Gasteiger partial charge is 0.186 e. The number of nitrogens with zero attached hydrogens (tertiary/aromatic N) is 1. The van der Waals surface area contributed by atoms with Crippen LogP contribution in [0, 0.1) is 17.3 Å². The minimum absolute atomic E-state index is 0.0230. The maximum atomic E-state index is 5.60. The number of hydrogen-bond acceptors (Lipinski definition) is 2. The molecule has 0 radical (unpaired) electrons. The van der Waals surface area contributed by atoms with Crippen LogP contribution in [0.25, 0.3) is 0 Å². The predicted octanol–water partition coefficient (Wildman–Crippen LogP) is 1.06. The highest BCUT2D eigenvalue weighted by molar-refractivity contribution is 5.76. The van der Waals surface area contributed by atoms with Gasteiger partial charge in [-0.1, -0.05) is 20.8 Å². The molecule has 1 aliphatic carbocycles. The first kappa shape index (κ1) is 12.7. The second-order valence-corrected chi connectivity index (χ2v) is 6.85. The van der Waals surface area contributed by atoms with E-state index in [9.17, 15) is 0 Å². The number of nitrogens with two attached hydrogens (primary N) is 2. The lowest BCUT2D eigenvalue weighted by molar-refractivity contribution is 0.0546. The molecule has 2 fully saturated rings. The molecule has 2 rings (SSSR count). The molecule has 0 aromatic rings. The van der Waals surface area contributed by atoms with E-state index in [1.54, 1.807) is 0 Å². The van der Waals surface area contributed by atoms with E-state index >= 15 is 0 Å². The molecule has 0 amide bonds. The van der Waals surface area contributed by atoms with Crippen LogP contribution in [0.1, 0.15) is 40.0 Å². The molecule has 4 heteroatoms. The van der Waals surface area contributed by atoms with E-state index in [2.05, 4.69) is 31.1 Å². The van der Waals surface area contributed by atoms with Crippen LogP contribution in [-0.2, 0) is 0 Å². The molecule has 0 spiro atoms. The zero-order valence-corrected chi connectivity index (χ0v) is 11.3. The molecule has 2 aliphatic rings. The second-order valence-electron chi connectivity index (χ2n) is 6.85. The molecule has 98 valence electrons. The fraction of sp³-hybridized carbons (Fsp3) is 0.923. The molecule has 2 atom stereocenters. The second kappa shape index (κ2) is 4.16. The summed E-state index contributed by atoms with van der Waals surface area (Å²) in [6.07, 6.45) is 3.80. The van der Waals surface area contributed by atoms with Crippen LogP contribution in [0.2, 0.25) is 0 Å². The molecule has 1 aliphatic heterocycles. The van der Waals surface area contributed by atoms with Gasteiger partial charge < -0.3 is 16.8 Å². The third-order valence-corrected chi connectivity index (χ3v) is 4.36. The highest BCUT2D eigenvalue weighted by Crippen LogP contribution is 2.47. The normalized spacial score (nSPS) is 34.8. The van der Waals surface area contributed by atoms with Crippen LogP contribution in [0.15, 0.2) is 4.99 Å². The Morgan fingerprint density at radius 1 is 1.24 bits per heavy atom. The van der Waals surface area contributed by atoms with Gasteiger partial charge >= 0.3 is 0 Å². The summed E-state index contributed by atoms with van der Waals surface area (Å²) < 4.78 is 0. The Morgan fingerprint density at radius 2 is 1.88 bits per heavy atom. The van der Waals surface area contributed by atoms with Gasteiger partial charge in [-0.15, -0.1) is 0 Å². The zero-order valence-electron chi connectivity index (χ0n) is 11.3. The van der Waals surface area contributed by atoms with E-state index in [1.165, 1.54) is 19.3 Å². The summed E-state index contributed by atoms with van der Waals surface area (Å²) in [7, 11) is 0. The lowest BCUT2D eigenvalue weighted by Crippen LogP contribution is -2.64. The van der Waals surface area contributed by atoms with Crippen LogP contribution < -0.4 is 16.8 Å². The van der Waals surface area contributed by atoms with Crippen molar-refractivity contribution in [3.8, 4) is 0 Å². The fourth-order valence-corrected chi connectivity index (χ4v) is 3.85. The first-order valence-electron chi connectivity index (χ1n) is 6.64. The average molecular weight is 238 g/mol. The topological polar surface area (TPSA) is 76.4 Å². The van der Waals surface area contributed by atoms with E-state index in [-0.39, 0.29) is 11.5 Å². The molecule has 17 heavy (non-hydrogen) atoms. The summed E-state index contributed by atoms with van der Waals surface area (Å²) in [5, 5.41) is 3.33. The molecule has 4 nitrogen and oxygen atoms in total. The quantitative estimate of drug-likeness (QED) is 0.497. The van der Waals surface area contributed by atoms with Crippen LogP contribution in [0.3, 0.4) is 0 Å². The SMILES string of the molecule is CC1CC(C2(N=C(N)N)CNC2)CC(C)(C)C1. The van der Waals surface area contributed by atoms with Crippen LogP contribution >= 0.6 is 0 Å². The van der Waals surface area contributed by atoms with Gasteiger partial charge in [0.15, 0.2) is 5.96 Å². The lowest BCUT2D eigenvalue weighted by Gasteiger charge is -2.51. The van der Waals surface area contributed by atoms with E-state index < -0.39 is 0 Å². The third kappa shape index (κ3) is 2.57. The Bertz CT molecular complexity index is 313. The molecule has 0 bridgehead atoms. The Morgan fingerprint density at radius 3 is 2.29 bits per heavy atom. The van der Waals surface area contributed by atoms with Gasteiger partial charge in [0.2, 0.25) is 0 Å². The van der Waals surface area contributed by atoms with Crippen LogP contribution in [0.4, 0.5) is 0 Å². The molecular weight excluding hydrogens is 212 g/mol. The monoisotopic (exact) mass is 238 g/mol. The van der Waals surface area contributed by atoms with E-state index in [0.717, 1.165) is 19.0 Å². The minimum Gasteiger partial charge on any atom is -0.370 e. The number of hydrogen-bond donors (Lipinski definition) is 3. The molecular formula is C13H26N4. The summed E-state index contributed by atoms with van der Waals surface area (Å²) >= 11 is 0. The molecule has 5 N–H and O–H groups in total. The van der Waals surface area contributed by atoms with Crippen molar-refractivity contribution in [1.29, 1.82) is 0 Å². The highest BCUT2D eigenvalue weighted by atomic mass is 15.2. The predicted molar refractivity (Wildman–Crippen MR) is 71.7 cm³/mol. The fourth-order valence-electron chi connectivity index (χ4n) is 3.85. The average Bonchev–Trinajstić information content (AvgIpc) is 2.07. The minimum atomic E-state index is -0.0230. The van der Waals surface area contributed by atoms with Crippen molar-refractivity contribution in [2.75, 3.05) is 13.1 Å². The van der Waals surface area contributed by atoms with Crippen molar-refractivity contribution in [3.05, 3.63) is 0 Å². The number of guanidine groups is 1. The van der Waals surface area contributed by atoms with Gasteiger partial charge in [-0.3, -0.25) is 0 Å². The van der Waals surface area contributed by atoms with Gasteiger partial charge in [0, 0.05) is 13.1 Å². The van der Waals surface area contributed by atoms with Gasteiger partial charge in [0.05, 0.1) is 5.54 Å². The van der Waals surface area contributed by atoms with Gasteiger partial charge in [-0.2, -0.15) is 0 Å². The zero-order chi connectivity index (χ0) is 12.7. The summed E-state index contributed by atoms with van der Waals surface area (Å²) in [5.41, 5.74) is 11.6. The van der Waals surface area contributed by atoms with Crippen molar-refractivity contribution in [1.82, 2.24) is 5.32 Å². The van der Waals surface area contributed by atoms with Crippen molar-refractivity contribution in [2.24, 2.45) is 33.7 Å². The van der Waals surface area contributed by atoms with Gasteiger partial charge in [0.25, 0.3) is 0 Å². The Kier molecular flexibility index (Phi) is 3.10. The Labute approximate surface area is 104 Å². The van der Waals surface area contributed by atoms with Gasteiger partial charge in [-0.05, 0) is 36.5 Å².